The molecule has 2 rings (SSSR count). The van der Waals surface area contributed by atoms with Crippen LogP contribution in [0.3, 0.4) is 0 Å². The molecule has 1 aromatic carbocycles. The SMILES string of the molecule is CN(C)c1ccc(CCN2CCC(OS(C)(=O)=O)C2)cc1. The molecule has 1 saturated heterocycles. The average molecular weight is 312 g/mol. The number of hydrogen-bond acceptors (Lipinski definition) is 5. The van der Waals surface area contributed by atoms with Crippen molar-refractivity contribution in [1.82, 2.24) is 4.90 Å². The first-order valence-electron chi connectivity index (χ1n) is 7.20. The van der Waals surface area contributed by atoms with Crippen LogP contribution in [0.2, 0.25) is 0 Å². The lowest BCUT2D eigenvalue weighted by molar-refractivity contribution is 0.209. The largest absolute Gasteiger partial charge is 0.378 e. The van der Waals surface area contributed by atoms with Crippen LogP contribution in [0, 0.1) is 0 Å². The van der Waals surface area contributed by atoms with Crippen molar-refractivity contribution in [3.63, 3.8) is 0 Å². The summed E-state index contributed by atoms with van der Waals surface area (Å²) in [6.07, 6.45) is 2.68. The van der Waals surface area contributed by atoms with Crippen molar-refractivity contribution >= 4 is 15.8 Å². The van der Waals surface area contributed by atoms with E-state index in [0.29, 0.717) is 6.54 Å². The van der Waals surface area contributed by atoms with E-state index in [4.69, 9.17) is 4.18 Å². The van der Waals surface area contributed by atoms with E-state index in [-0.39, 0.29) is 6.10 Å². The van der Waals surface area contributed by atoms with Crippen molar-refractivity contribution in [1.29, 1.82) is 0 Å². The van der Waals surface area contributed by atoms with Crippen LogP contribution in [-0.2, 0) is 20.7 Å². The molecule has 5 nitrogen and oxygen atoms in total. The fourth-order valence-electron chi connectivity index (χ4n) is 2.57. The minimum absolute atomic E-state index is 0.184. The molecule has 0 aliphatic carbocycles. The van der Waals surface area contributed by atoms with Crippen molar-refractivity contribution in [3.8, 4) is 0 Å². The van der Waals surface area contributed by atoms with Gasteiger partial charge in [0.05, 0.1) is 12.4 Å². The van der Waals surface area contributed by atoms with Crippen LogP contribution in [0.5, 0.6) is 0 Å². The standard InChI is InChI=1S/C15H24N2O3S/c1-16(2)14-6-4-13(5-7-14)8-10-17-11-9-15(12-17)20-21(3,18)19/h4-7,15H,8-12H2,1-3H3. The van der Waals surface area contributed by atoms with Gasteiger partial charge in [-0.15, -0.1) is 0 Å². The normalized spacial score (nSPS) is 19.9. The van der Waals surface area contributed by atoms with E-state index in [1.807, 2.05) is 14.1 Å². The summed E-state index contributed by atoms with van der Waals surface area (Å²) in [4.78, 5) is 4.34. The second-order valence-electron chi connectivity index (χ2n) is 5.82. The van der Waals surface area contributed by atoms with Gasteiger partial charge in [0.1, 0.15) is 0 Å². The van der Waals surface area contributed by atoms with Gasteiger partial charge in [0.25, 0.3) is 10.1 Å². The van der Waals surface area contributed by atoms with E-state index in [9.17, 15) is 8.42 Å². The van der Waals surface area contributed by atoms with Crippen molar-refractivity contribution in [2.24, 2.45) is 0 Å². The smallest absolute Gasteiger partial charge is 0.264 e. The van der Waals surface area contributed by atoms with Gasteiger partial charge in [-0.05, 0) is 30.5 Å². The van der Waals surface area contributed by atoms with Gasteiger partial charge in [-0.2, -0.15) is 8.42 Å². The molecule has 0 spiro atoms. The molecule has 0 amide bonds. The molecular weight excluding hydrogens is 288 g/mol. The summed E-state index contributed by atoms with van der Waals surface area (Å²) in [5.74, 6) is 0. The molecule has 6 heteroatoms. The average Bonchev–Trinajstić information content (AvgIpc) is 2.82. The Kier molecular flexibility index (Phi) is 5.24. The second-order valence-corrected chi connectivity index (χ2v) is 7.42. The van der Waals surface area contributed by atoms with Crippen LogP contribution in [0.1, 0.15) is 12.0 Å². The Morgan fingerprint density at radius 1 is 1.29 bits per heavy atom. The molecule has 1 aliphatic rings. The van der Waals surface area contributed by atoms with Gasteiger partial charge < -0.3 is 9.80 Å². The lowest BCUT2D eigenvalue weighted by atomic mass is 10.1. The molecule has 1 fully saturated rings. The Morgan fingerprint density at radius 2 is 1.95 bits per heavy atom. The first-order valence-corrected chi connectivity index (χ1v) is 9.02. The molecule has 0 saturated carbocycles. The Morgan fingerprint density at radius 3 is 2.52 bits per heavy atom. The van der Waals surface area contributed by atoms with E-state index in [0.717, 1.165) is 32.2 Å². The molecule has 1 aromatic rings. The van der Waals surface area contributed by atoms with Crippen LogP contribution in [0.25, 0.3) is 0 Å². The van der Waals surface area contributed by atoms with Gasteiger partial charge in [0.2, 0.25) is 0 Å². The number of anilines is 1. The quantitative estimate of drug-likeness (QED) is 0.742. The number of hydrogen-bond donors (Lipinski definition) is 0. The summed E-state index contributed by atoms with van der Waals surface area (Å²) in [7, 11) is 0.716. The van der Waals surface area contributed by atoms with Crippen molar-refractivity contribution in [2.75, 3.05) is 44.9 Å². The van der Waals surface area contributed by atoms with Gasteiger partial charge in [-0.3, -0.25) is 4.18 Å². The zero-order valence-electron chi connectivity index (χ0n) is 12.9. The highest BCUT2D eigenvalue weighted by molar-refractivity contribution is 7.86. The summed E-state index contributed by atoms with van der Waals surface area (Å²) in [5.41, 5.74) is 2.50. The third kappa shape index (κ3) is 5.30. The number of nitrogens with zero attached hydrogens (tertiary/aromatic N) is 2. The zero-order chi connectivity index (χ0) is 15.5. The lowest BCUT2D eigenvalue weighted by Gasteiger charge is -2.16. The Balaban J connectivity index is 1.79. The van der Waals surface area contributed by atoms with Crippen LogP contribution >= 0.6 is 0 Å². The summed E-state index contributed by atoms with van der Waals surface area (Å²) in [6, 6.07) is 8.54. The fourth-order valence-corrected chi connectivity index (χ4v) is 3.23. The molecule has 1 heterocycles. The van der Waals surface area contributed by atoms with E-state index in [1.165, 1.54) is 11.3 Å². The van der Waals surface area contributed by atoms with Gasteiger partial charge in [0, 0.05) is 39.4 Å². The van der Waals surface area contributed by atoms with Crippen LogP contribution in [0.4, 0.5) is 5.69 Å². The molecule has 0 N–H and O–H groups in total. The van der Waals surface area contributed by atoms with Gasteiger partial charge >= 0.3 is 0 Å². The van der Waals surface area contributed by atoms with Crippen molar-refractivity contribution in [2.45, 2.75) is 18.9 Å². The van der Waals surface area contributed by atoms with E-state index in [2.05, 4.69) is 34.1 Å². The first kappa shape index (κ1) is 16.3. The Bertz CT molecular complexity index is 555. The molecule has 0 bridgehead atoms. The summed E-state index contributed by atoms with van der Waals surface area (Å²) >= 11 is 0. The topological polar surface area (TPSA) is 49.9 Å². The summed E-state index contributed by atoms with van der Waals surface area (Å²) in [5, 5.41) is 0. The fraction of sp³-hybridized carbons (Fsp3) is 0.600. The highest BCUT2D eigenvalue weighted by Crippen LogP contribution is 2.16. The second kappa shape index (κ2) is 6.77. The molecule has 1 unspecified atom stereocenters. The Labute approximate surface area is 127 Å². The number of rotatable bonds is 6. The maximum absolute atomic E-state index is 11.1. The highest BCUT2D eigenvalue weighted by atomic mass is 32.2. The van der Waals surface area contributed by atoms with Gasteiger partial charge in [0.15, 0.2) is 0 Å². The Hall–Kier alpha value is -1.11. The van der Waals surface area contributed by atoms with Gasteiger partial charge in [-0.1, -0.05) is 12.1 Å². The third-order valence-corrected chi connectivity index (χ3v) is 4.33. The zero-order valence-corrected chi connectivity index (χ0v) is 13.8. The predicted molar refractivity (Wildman–Crippen MR) is 85.2 cm³/mol. The van der Waals surface area contributed by atoms with E-state index < -0.39 is 10.1 Å². The maximum Gasteiger partial charge on any atom is 0.264 e. The molecule has 1 aliphatic heterocycles. The maximum atomic E-state index is 11.1. The van der Waals surface area contributed by atoms with Crippen molar-refractivity contribution in [3.05, 3.63) is 29.8 Å². The molecule has 118 valence electrons. The first-order chi connectivity index (χ1) is 9.83. The van der Waals surface area contributed by atoms with E-state index in [1.54, 1.807) is 0 Å². The van der Waals surface area contributed by atoms with Gasteiger partial charge in [-0.25, -0.2) is 0 Å². The number of benzene rings is 1. The van der Waals surface area contributed by atoms with E-state index >= 15 is 0 Å². The summed E-state index contributed by atoms with van der Waals surface area (Å²) < 4.78 is 27.3. The third-order valence-electron chi connectivity index (χ3n) is 3.71. The number of likely N-dealkylation sites (tertiary alicyclic amines) is 1. The highest BCUT2D eigenvalue weighted by Gasteiger charge is 2.25. The lowest BCUT2D eigenvalue weighted by Crippen LogP contribution is -2.26. The van der Waals surface area contributed by atoms with Crippen LogP contribution in [0.15, 0.2) is 24.3 Å². The predicted octanol–water partition coefficient (Wildman–Crippen LogP) is 1.35. The molecule has 1 atom stereocenters. The minimum Gasteiger partial charge on any atom is -0.378 e. The molecule has 21 heavy (non-hydrogen) atoms. The minimum atomic E-state index is -3.34. The molecule has 0 aromatic heterocycles. The van der Waals surface area contributed by atoms with Crippen LogP contribution in [-0.4, -0.2) is 59.4 Å². The monoisotopic (exact) mass is 312 g/mol. The molecule has 0 radical (unpaired) electrons. The van der Waals surface area contributed by atoms with Crippen molar-refractivity contribution < 1.29 is 12.6 Å². The molecular formula is C15H24N2O3S. The van der Waals surface area contributed by atoms with Crippen LogP contribution < -0.4 is 4.90 Å². The summed E-state index contributed by atoms with van der Waals surface area (Å²) in [6.45, 7) is 2.53.